The fourth-order valence-corrected chi connectivity index (χ4v) is 1.75. The van der Waals surface area contributed by atoms with Gasteiger partial charge in [0.1, 0.15) is 12.4 Å². The fourth-order valence-electron chi connectivity index (χ4n) is 1.75. The molecule has 0 aliphatic rings. The van der Waals surface area contributed by atoms with E-state index in [1.54, 1.807) is 19.4 Å². The molecule has 0 aromatic carbocycles. The molecule has 3 heteroatoms. The molecule has 1 aromatic rings. The first kappa shape index (κ1) is 14.3. The summed E-state index contributed by atoms with van der Waals surface area (Å²) in [7, 11) is 1.63. The van der Waals surface area contributed by atoms with E-state index < -0.39 is 0 Å². The highest BCUT2D eigenvalue weighted by molar-refractivity contribution is 5.62. The van der Waals surface area contributed by atoms with Crippen LogP contribution in [-0.4, -0.2) is 18.7 Å². The lowest BCUT2D eigenvalue weighted by Crippen LogP contribution is -2.05. The van der Waals surface area contributed by atoms with Crippen LogP contribution in [0.5, 0.6) is 5.75 Å². The van der Waals surface area contributed by atoms with Crippen molar-refractivity contribution in [2.45, 2.75) is 27.2 Å². The van der Waals surface area contributed by atoms with Gasteiger partial charge in [-0.1, -0.05) is 19.6 Å². The second kappa shape index (κ2) is 6.84. The summed E-state index contributed by atoms with van der Waals surface area (Å²) in [5, 5.41) is 0. The highest BCUT2D eigenvalue weighted by atomic mass is 16.5. The van der Waals surface area contributed by atoms with Crippen LogP contribution >= 0.6 is 0 Å². The smallest absolute Gasteiger partial charge is 0.133 e. The van der Waals surface area contributed by atoms with Gasteiger partial charge in [-0.2, -0.15) is 0 Å². The molecule has 0 amide bonds. The molecule has 1 rings (SSSR count). The molecule has 0 spiro atoms. The van der Waals surface area contributed by atoms with Crippen molar-refractivity contribution < 1.29 is 9.47 Å². The lowest BCUT2D eigenvalue weighted by atomic mass is 10.0. The van der Waals surface area contributed by atoms with Gasteiger partial charge in [-0.05, 0) is 26.3 Å². The van der Waals surface area contributed by atoms with Gasteiger partial charge in [0.15, 0.2) is 0 Å². The Hall–Kier alpha value is -1.77. The summed E-state index contributed by atoms with van der Waals surface area (Å²) in [5.74, 6) is 0.868. The highest BCUT2D eigenvalue weighted by Gasteiger charge is 2.13. The molecule has 0 radical (unpaired) electrons. The number of hydrogen-bond donors (Lipinski definition) is 0. The number of aryl methyl sites for hydroxylation is 2. The van der Waals surface area contributed by atoms with Gasteiger partial charge in [0.05, 0.1) is 19.1 Å². The van der Waals surface area contributed by atoms with Crippen LogP contribution in [0.15, 0.2) is 18.9 Å². The van der Waals surface area contributed by atoms with Crippen molar-refractivity contribution in [3.05, 3.63) is 41.4 Å². The summed E-state index contributed by atoms with van der Waals surface area (Å²) in [6.07, 6.45) is 6.14. The summed E-state index contributed by atoms with van der Waals surface area (Å²) < 4.78 is 10.8. The zero-order valence-corrected chi connectivity index (χ0v) is 11.6. The molecule has 0 aliphatic heterocycles. The van der Waals surface area contributed by atoms with E-state index in [1.165, 1.54) is 0 Å². The minimum atomic E-state index is 0.487. The number of aromatic nitrogens is 1. The van der Waals surface area contributed by atoms with Crippen LogP contribution in [0.25, 0.3) is 6.08 Å². The number of ether oxygens (including phenoxy) is 2. The lowest BCUT2D eigenvalue weighted by Gasteiger charge is -2.15. The van der Waals surface area contributed by atoms with Gasteiger partial charge in [-0.3, -0.25) is 4.98 Å². The maximum absolute atomic E-state index is 5.77. The normalized spacial score (nSPS) is 10.7. The van der Waals surface area contributed by atoms with Gasteiger partial charge in [0.2, 0.25) is 0 Å². The second-order valence-electron chi connectivity index (χ2n) is 4.00. The Morgan fingerprint density at radius 2 is 2.06 bits per heavy atom. The van der Waals surface area contributed by atoms with E-state index in [4.69, 9.17) is 9.47 Å². The molecule has 0 fully saturated rings. The molecule has 0 aliphatic carbocycles. The number of pyridine rings is 1. The third kappa shape index (κ3) is 3.13. The first-order valence-corrected chi connectivity index (χ1v) is 6.08. The Kier molecular flexibility index (Phi) is 5.43. The summed E-state index contributed by atoms with van der Waals surface area (Å²) >= 11 is 0. The molecule has 0 saturated heterocycles. The monoisotopic (exact) mass is 247 g/mol. The van der Waals surface area contributed by atoms with Crippen LogP contribution in [0, 0.1) is 13.8 Å². The second-order valence-corrected chi connectivity index (χ2v) is 4.00. The van der Waals surface area contributed by atoms with Crippen molar-refractivity contribution in [2.24, 2.45) is 0 Å². The Morgan fingerprint density at radius 1 is 1.33 bits per heavy atom. The van der Waals surface area contributed by atoms with E-state index >= 15 is 0 Å². The fraction of sp³-hybridized carbons (Fsp3) is 0.400. The number of hydrogen-bond acceptors (Lipinski definition) is 3. The van der Waals surface area contributed by atoms with Crippen molar-refractivity contribution in [1.29, 1.82) is 0 Å². The third-order valence-corrected chi connectivity index (χ3v) is 2.79. The van der Waals surface area contributed by atoms with Crippen LogP contribution < -0.4 is 4.74 Å². The molecular formula is C15H21NO2. The Labute approximate surface area is 109 Å². The lowest BCUT2D eigenvalue weighted by molar-refractivity contribution is 0.340. The molecular weight excluding hydrogens is 226 g/mol. The maximum Gasteiger partial charge on any atom is 0.133 e. The Bertz CT molecular complexity index is 450. The summed E-state index contributed by atoms with van der Waals surface area (Å²) in [6, 6.07) is 0. The summed E-state index contributed by atoms with van der Waals surface area (Å²) in [5.41, 5.74) is 4.07. The topological polar surface area (TPSA) is 31.4 Å². The van der Waals surface area contributed by atoms with E-state index in [0.717, 1.165) is 34.7 Å². The predicted molar refractivity (Wildman–Crippen MR) is 74.8 cm³/mol. The Balaban J connectivity index is 3.34. The predicted octanol–water partition coefficient (Wildman–Crippen LogP) is 3.44. The van der Waals surface area contributed by atoms with Gasteiger partial charge in [-0.15, -0.1) is 0 Å². The first-order valence-electron chi connectivity index (χ1n) is 6.08. The Morgan fingerprint density at radius 3 is 2.61 bits per heavy atom. The van der Waals surface area contributed by atoms with Crippen LogP contribution in [0.4, 0.5) is 0 Å². The molecule has 18 heavy (non-hydrogen) atoms. The minimum Gasteiger partial charge on any atom is -0.504 e. The number of rotatable bonds is 6. The van der Waals surface area contributed by atoms with Crippen molar-refractivity contribution in [3.63, 3.8) is 0 Å². The zero-order valence-electron chi connectivity index (χ0n) is 11.6. The van der Waals surface area contributed by atoms with Crippen LogP contribution in [-0.2, 0) is 11.2 Å². The largest absolute Gasteiger partial charge is 0.504 e. The average Bonchev–Trinajstić information content (AvgIpc) is 2.38. The van der Waals surface area contributed by atoms with Gasteiger partial charge in [0.25, 0.3) is 0 Å². The van der Waals surface area contributed by atoms with Crippen LogP contribution in [0.1, 0.15) is 29.4 Å². The van der Waals surface area contributed by atoms with E-state index in [1.807, 2.05) is 19.9 Å². The third-order valence-electron chi connectivity index (χ3n) is 2.79. The molecule has 0 bridgehead atoms. The molecule has 98 valence electrons. The van der Waals surface area contributed by atoms with E-state index in [0.29, 0.717) is 6.61 Å². The first-order chi connectivity index (χ1) is 8.65. The standard InChI is InChI=1S/C15H21NO2/c1-6-9-18-15-11(3)12(4)16-14(7-2)13(15)8-10-17-5/h6,8,10H,1,7,9H2,2-5H3/b10-8+. The van der Waals surface area contributed by atoms with Crippen LogP contribution in [0.2, 0.25) is 0 Å². The molecule has 0 unspecified atom stereocenters. The molecule has 0 saturated carbocycles. The highest BCUT2D eigenvalue weighted by Crippen LogP contribution is 2.29. The molecule has 1 heterocycles. The number of nitrogens with zero attached hydrogens (tertiary/aromatic N) is 1. The van der Waals surface area contributed by atoms with Gasteiger partial charge in [-0.25, -0.2) is 0 Å². The summed E-state index contributed by atoms with van der Waals surface area (Å²) in [4.78, 5) is 4.60. The van der Waals surface area contributed by atoms with E-state index in [-0.39, 0.29) is 0 Å². The molecule has 0 N–H and O–H groups in total. The SMILES string of the molecule is C=CCOc1c(C)c(C)nc(CC)c1/C=C/OC. The van der Waals surface area contributed by atoms with Gasteiger partial charge >= 0.3 is 0 Å². The molecule has 1 aromatic heterocycles. The number of methoxy groups -OCH3 is 1. The van der Waals surface area contributed by atoms with E-state index in [2.05, 4.69) is 18.5 Å². The van der Waals surface area contributed by atoms with Gasteiger partial charge < -0.3 is 9.47 Å². The quantitative estimate of drug-likeness (QED) is 0.570. The zero-order chi connectivity index (χ0) is 13.5. The molecule has 3 nitrogen and oxygen atoms in total. The average molecular weight is 247 g/mol. The maximum atomic E-state index is 5.77. The summed E-state index contributed by atoms with van der Waals surface area (Å²) in [6.45, 7) is 10.3. The minimum absolute atomic E-state index is 0.487. The van der Waals surface area contributed by atoms with Crippen molar-refractivity contribution in [1.82, 2.24) is 4.98 Å². The van der Waals surface area contributed by atoms with E-state index in [9.17, 15) is 0 Å². The van der Waals surface area contributed by atoms with Crippen molar-refractivity contribution in [2.75, 3.05) is 13.7 Å². The van der Waals surface area contributed by atoms with Crippen LogP contribution in [0.3, 0.4) is 0 Å². The van der Waals surface area contributed by atoms with Crippen molar-refractivity contribution in [3.8, 4) is 5.75 Å². The van der Waals surface area contributed by atoms with Crippen molar-refractivity contribution >= 4 is 6.08 Å². The van der Waals surface area contributed by atoms with Gasteiger partial charge in [0, 0.05) is 16.8 Å². The molecule has 0 atom stereocenters.